The summed E-state index contributed by atoms with van der Waals surface area (Å²) in [7, 11) is 1.80. The first-order valence-electron chi connectivity index (χ1n) is 10.4. The van der Waals surface area contributed by atoms with Gasteiger partial charge in [0, 0.05) is 24.3 Å². The number of carbonyl (C=O) groups is 2. The van der Waals surface area contributed by atoms with Gasteiger partial charge in [-0.15, -0.1) is 0 Å². The zero-order valence-electron chi connectivity index (χ0n) is 17.2. The van der Waals surface area contributed by atoms with Crippen LogP contribution in [0.5, 0.6) is 5.88 Å². The lowest BCUT2D eigenvalue weighted by Crippen LogP contribution is -2.70. The molecule has 4 aliphatic rings. The minimum absolute atomic E-state index is 0.148. The third kappa shape index (κ3) is 3.53. The number of amides is 2. The first-order valence-corrected chi connectivity index (χ1v) is 10.4. The van der Waals surface area contributed by atoms with E-state index in [1.807, 2.05) is 6.92 Å². The van der Waals surface area contributed by atoms with Crippen molar-refractivity contribution in [1.82, 2.24) is 30.4 Å². The summed E-state index contributed by atoms with van der Waals surface area (Å²) >= 11 is 0. The number of rotatable bonds is 4. The molecule has 2 unspecified atom stereocenters. The van der Waals surface area contributed by atoms with Crippen molar-refractivity contribution in [1.29, 1.82) is 0 Å². The minimum Gasteiger partial charge on any atom is -0.390 e. The molecule has 4 saturated carbocycles. The van der Waals surface area contributed by atoms with Gasteiger partial charge in [0.05, 0.1) is 18.1 Å². The normalized spacial score (nSPS) is 31.4. The average Bonchev–Trinajstić information content (AvgIpc) is 3.08. The molecule has 0 aromatic carbocycles. The highest BCUT2D eigenvalue weighted by molar-refractivity contribution is 5.92. The Morgan fingerprint density at radius 2 is 1.80 bits per heavy atom. The summed E-state index contributed by atoms with van der Waals surface area (Å²) in [6, 6.07) is 1.73. The maximum atomic E-state index is 12.8. The Hall–Kier alpha value is -2.97. The Balaban J connectivity index is 1.31. The molecule has 6 rings (SSSR count). The van der Waals surface area contributed by atoms with Gasteiger partial charge in [-0.1, -0.05) is 0 Å². The van der Waals surface area contributed by atoms with Crippen molar-refractivity contribution in [2.24, 2.45) is 18.9 Å². The van der Waals surface area contributed by atoms with Gasteiger partial charge in [0.2, 0.25) is 5.88 Å². The number of hydrogen-bond acceptors (Lipinski definition) is 6. The summed E-state index contributed by atoms with van der Waals surface area (Å²) in [5.41, 5.74) is 0.508. The van der Waals surface area contributed by atoms with Gasteiger partial charge in [-0.05, 0) is 63.4 Å². The second kappa shape index (κ2) is 6.78. The van der Waals surface area contributed by atoms with Crippen LogP contribution in [0.15, 0.2) is 24.7 Å². The highest BCUT2D eigenvalue weighted by Crippen LogP contribution is 2.57. The molecule has 2 aromatic heterocycles. The lowest BCUT2D eigenvalue weighted by Gasteiger charge is -2.61. The Morgan fingerprint density at radius 3 is 2.40 bits per heavy atom. The Labute approximate surface area is 174 Å². The van der Waals surface area contributed by atoms with E-state index in [2.05, 4.69) is 25.7 Å². The molecule has 0 spiro atoms. The second-order valence-corrected chi connectivity index (χ2v) is 9.36. The Bertz CT molecular complexity index is 971. The van der Waals surface area contributed by atoms with Crippen LogP contribution in [0.3, 0.4) is 0 Å². The van der Waals surface area contributed by atoms with Gasteiger partial charge >= 0.3 is 6.09 Å². The van der Waals surface area contributed by atoms with Crippen LogP contribution in [-0.2, 0) is 7.05 Å². The number of nitrogens with zero attached hydrogens (tertiary/aromatic N) is 4. The number of aryl methyl sites for hydroxylation is 2. The zero-order chi connectivity index (χ0) is 20.9. The van der Waals surface area contributed by atoms with Crippen LogP contribution < -0.4 is 15.4 Å². The number of aromatic nitrogens is 4. The predicted molar refractivity (Wildman–Crippen MR) is 107 cm³/mol. The number of carbonyl (C=O) groups excluding carboxylic acids is 2. The summed E-state index contributed by atoms with van der Waals surface area (Å²) in [4.78, 5) is 33.7. The number of nitrogens with one attached hydrogen (secondary N) is 2. The van der Waals surface area contributed by atoms with Crippen LogP contribution in [0.4, 0.5) is 4.79 Å². The molecule has 2 amide bonds. The second-order valence-electron chi connectivity index (χ2n) is 9.36. The van der Waals surface area contributed by atoms with Crippen LogP contribution in [0, 0.1) is 18.8 Å². The van der Waals surface area contributed by atoms with E-state index >= 15 is 0 Å². The zero-order valence-corrected chi connectivity index (χ0v) is 17.2. The molecule has 2 N–H and O–H groups in total. The molecular weight excluding hydrogens is 384 g/mol. The molecule has 4 aliphatic carbocycles. The van der Waals surface area contributed by atoms with E-state index in [0.29, 0.717) is 24.0 Å². The molecule has 2 heterocycles. The van der Waals surface area contributed by atoms with Crippen molar-refractivity contribution in [2.75, 3.05) is 0 Å². The van der Waals surface area contributed by atoms with Gasteiger partial charge in [-0.3, -0.25) is 14.5 Å². The summed E-state index contributed by atoms with van der Waals surface area (Å²) in [5, 5.41) is 10.6. The molecule has 2 atom stereocenters. The van der Waals surface area contributed by atoms with Crippen LogP contribution >= 0.6 is 0 Å². The molecule has 2 aromatic rings. The SMILES string of the molecule is Cc1cnc(OC(=O)NC23CC4CC(C2)CC(NC(=O)c2ccn(C)n2)(C4)C3)cn1. The van der Waals surface area contributed by atoms with Gasteiger partial charge < -0.3 is 15.4 Å². The van der Waals surface area contributed by atoms with Crippen LogP contribution in [0.1, 0.15) is 54.7 Å². The average molecular weight is 410 g/mol. The summed E-state index contributed by atoms with van der Waals surface area (Å²) in [5.74, 6) is 0.996. The van der Waals surface area contributed by atoms with Crippen LogP contribution in [0.25, 0.3) is 0 Å². The highest BCUT2D eigenvalue weighted by Gasteiger charge is 2.59. The molecule has 0 aliphatic heterocycles. The topological polar surface area (TPSA) is 111 Å². The number of ether oxygens (including phenoxy) is 1. The third-order valence-corrected chi connectivity index (χ3v) is 6.71. The van der Waals surface area contributed by atoms with E-state index in [1.54, 1.807) is 30.2 Å². The largest absolute Gasteiger partial charge is 0.414 e. The summed E-state index contributed by atoms with van der Waals surface area (Å²) < 4.78 is 7.00. The Kier molecular flexibility index (Phi) is 4.30. The van der Waals surface area contributed by atoms with Crippen molar-refractivity contribution in [2.45, 2.75) is 56.5 Å². The fraction of sp³-hybridized carbons (Fsp3) is 0.571. The number of hydrogen-bond donors (Lipinski definition) is 2. The van der Waals surface area contributed by atoms with Crippen LogP contribution in [-0.4, -0.2) is 42.8 Å². The molecule has 4 bridgehead atoms. The lowest BCUT2D eigenvalue weighted by molar-refractivity contribution is -0.0450. The first-order chi connectivity index (χ1) is 14.3. The summed E-state index contributed by atoms with van der Waals surface area (Å²) in [6.07, 6.45) is 9.86. The maximum Gasteiger partial charge on any atom is 0.414 e. The molecule has 0 saturated heterocycles. The predicted octanol–water partition coefficient (Wildman–Crippen LogP) is 2.13. The van der Waals surface area contributed by atoms with Crippen molar-refractivity contribution >= 4 is 12.0 Å². The monoisotopic (exact) mass is 410 g/mol. The van der Waals surface area contributed by atoms with Gasteiger partial charge in [0.1, 0.15) is 5.69 Å². The van der Waals surface area contributed by atoms with Gasteiger partial charge in [-0.25, -0.2) is 9.78 Å². The van der Waals surface area contributed by atoms with Crippen molar-refractivity contribution in [3.63, 3.8) is 0 Å². The Morgan fingerprint density at radius 1 is 1.10 bits per heavy atom. The third-order valence-electron chi connectivity index (χ3n) is 6.71. The summed E-state index contributed by atoms with van der Waals surface area (Å²) in [6.45, 7) is 1.82. The van der Waals surface area contributed by atoms with Gasteiger partial charge in [-0.2, -0.15) is 5.10 Å². The highest BCUT2D eigenvalue weighted by atomic mass is 16.6. The van der Waals surface area contributed by atoms with E-state index in [1.165, 1.54) is 6.20 Å². The van der Waals surface area contributed by atoms with E-state index < -0.39 is 6.09 Å². The fourth-order valence-corrected chi connectivity index (χ4v) is 6.17. The fourth-order valence-electron chi connectivity index (χ4n) is 6.17. The molecular formula is C21H26N6O3. The van der Waals surface area contributed by atoms with Crippen molar-refractivity contribution < 1.29 is 14.3 Å². The smallest absolute Gasteiger partial charge is 0.390 e. The molecule has 158 valence electrons. The van der Waals surface area contributed by atoms with Gasteiger partial charge in [0.25, 0.3) is 5.91 Å². The molecule has 9 heteroatoms. The minimum atomic E-state index is -0.513. The van der Waals surface area contributed by atoms with E-state index in [-0.39, 0.29) is 22.9 Å². The standard InChI is InChI=1S/C21H26N6O3/c1-13-10-23-17(11-22-13)30-19(29)25-21-8-14-5-15(9-21)7-20(6-14,12-21)24-18(28)16-3-4-27(2)26-16/h3-4,10-11,14-15H,5-9,12H2,1-2H3,(H,24,28)(H,25,29). The quantitative estimate of drug-likeness (QED) is 0.799. The van der Waals surface area contributed by atoms with Gasteiger partial charge in [0.15, 0.2) is 0 Å². The van der Waals surface area contributed by atoms with Crippen LogP contribution in [0.2, 0.25) is 0 Å². The molecule has 9 nitrogen and oxygen atoms in total. The van der Waals surface area contributed by atoms with E-state index in [0.717, 1.165) is 37.8 Å². The van der Waals surface area contributed by atoms with E-state index in [9.17, 15) is 9.59 Å². The maximum absolute atomic E-state index is 12.8. The first kappa shape index (κ1) is 19.0. The molecule has 0 radical (unpaired) electrons. The lowest BCUT2D eigenvalue weighted by atomic mass is 9.50. The van der Waals surface area contributed by atoms with Crippen molar-refractivity contribution in [3.8, 4) is 5.88 Å². The molecule has 30 heavy (non-hydrogen) atoms. The van der Waals surface area contributed by atoms with E-state index in [4.69, 9.17) is 4.74 Å². The molecule has 4 fully saturated rings. The van der Waals surface area contributed by atoms with Crippen molar-refractivity contribution in [3.05, 3.63) is 36.0 Å².